The van der Waals surface area contributed by atoms with E-state index in [0.717, 1.165) is 6.42 Å². The lowest BCUT2D eigenvalue weighted by molar-refractivity contribution is 0.0690. The smallest absolute Gasteiger partial charge is 0.352 e. The highest BCUT2D eigenvalue weighted by Crippen LogP contribution is 2.29. The molecule has 20 heavy (non-hydrogen) atoms. The maximum Gasteiger partial charge on any atom is 0.352 e. The number of hydrogen-bond donors (Lipinski definition) is 3. The lowest BCUT2D eigenvalue weighted by Gasteiger charge is -2.17. The molecule has 2 rings (SSSR count). The van der Waals surface area contributed by atoms with Crippen molar-refractivity contribution < 1.29 is 18.3 Å². The van der Waals surface area contributed by atoms with Crippen LogP contribution in [0.1, 0.15) is 28.2 Å². The first-order chi connectivity index (χ1) is 9.28. The first-order valence-electron chi connectivity index (χ1n) is 6.41. The van der Waals surface area contributed by atoms with Gasteiger partial charge in [0.05, 0.1) is 0 Å². The first kappa shape index (κ1) is 15.0. The maximum absolute atomic E-state index is 12.6. The number of sulfonamides is 1. The van der Waals surface area contributed by atoms with Crippen LogP contribution in [0.2, 0.25) is 0 Å². The zero-order chi connectivity index (χ0) is 15.1. The summed E-state index contributed by atoms with van der Waals surface area (Å²) in [6.07, 6.45) is 0.740. The van der Waals surface area contributed by atoms with Gasteiger partial charge in [0.15, 0.2) is 0 Å². The van der Waals surface area contributed by atoms with Gasteiger partial charge in [-0.3, -0.25) is 0 Å². The van der Waals surface area contributed by atoms with E-state index < -0.39 is 16.0 Å². The monoisotopic (exact) mass is 301 g/mol. The fourth-order valence-corrected chi connectivity index (χ4v) is 4.61. The second kappa shape index (κ2) is 5.19. The molecule has 1 aliphatic heterocycles. The predicted octanol–water partition coefficient (Wildman–Crippen LogP) is 0.299. The van der Waals surface area contributed by atoms with Crippen LogP contribution in [0.15, 0.2) is 4.90 Å². The van der Waals surface area contributed by atoms with Crippen LogP contribution in [0, 0.1) is 19.8 Å². The molecule has 1 aromatic rings. The average Bonchev–Trinajstić information content (AvgIpc) is 2.94. The van der Waals surface area contributed by atoms with Gasteiger partial charge >= 0.3 is 5.97 Å². The van der Waals surface area contributed by atoms with Gasteiger partial charge in [-0.2, -0.15) is 4.31 Å². The van der Waals surface area contributed by atoms with E-state index in [1.54, 1.807) is 6.92 Å². The van der Waals surface area contributed by atoms with Crippen LogP contribution in [0.3, 0.4) is 0 Å². The number of aromatic amines is 1. The quantitative estimate of drug-likeness (QED) is 0.739. The van der Waals surface area contributed by atoms with Crippen LogP contribution in [-0.4, -0.2) is 48.4 Å². The molecule has 8 heteroatoms. The Labute approximate surface area is 117 Å². The number of nitrogens with zero attached hydrogens (tertiary/aromatic N) is 1. The van der Waals surface area contributed by atoms with Crippen LogP contribution < -0.4 is 5.73 Å². The summed E-state index contributed by atoms with van der Waals surface area (Å²) in [6, 6.07) is 0. The highest BCUT2D eigenvalue weighted by atomic mass is 32.2. The van der Waals surface area contributed by atoms with Gasteiger partial charge < -0.3 is 15.8 Å². The predicted molar refractivity (Wildman–Crippen MR) is 73.1 cm³/mol. The normalized spacial score (nSPS) is 20.4. The Bertz CT molecular complexity index is 635. The molecule has 0 aromatic carbocycles. The number of aromatic nitrogens is 1. The standard InChI is InChI=1S/C12H19N3O4S/c1-7-10(12(16)17)14-8(2)11(7)20(18,19)15-4-3-9(5-13)6-15/h9,14H,3-6,13H2,1-2H3,(H,16,17). The number of rotatable bonds is 4. The highest BCUT2D eigenvalue weighted by Gasteiger charge is 2.35. The summed E-state index contributed by atoms with van der Waals surface area (Å²) in [5, 5.41) is 9.06. The molecule has 1 fully saturated rings. The summed E-state index contributed by atoms with van der Waals surface area (Å²) >= 11 is 0. The Morgan fingerprint density at radius 3 is 2.60 bits per heavy atom. The third-order valence-electron chi connectivity index (χ3n) is 3.76. The molecule has 4 N–H and O–H groups in total. The van der Waals surface area contributed by atoms with Crippen molar-refractivity contribution >= 4 is 16.0 Å². The molecule has 1 atom stereocenters. The number of carboxylic acid groups (broad SMARTS) is 1. The molecule has 0 saturated carbocycles. The van der Waals surface area contributed by atoms with E-state index in [2.05, 4.69) is 4.98 Å². The highest BCUT2D eigenvalue weighted by molar-refractivity contribution is 7.89. The van der Waals surface area contributed by atoms with E-state index >= 15 is 0 Å². The number of carboxylic acids is 1. The molecule has 0 aliphatic carbocycles. The largest absolute Gasteiger partial charge is 0.477 e. The van der Waals surface area contributed by atoms with Crippen molar-refractivity contribution in [3.8, 4) is 0 Å². The summed E-state index contributed by atoms with van der Waals surface area (Å²) < 4.78 is 26.7. The summed E-state index contributed by atoms with van der Waals surface area (Å²) in [5.74, 6) is -0.989. The van der Waals surface area contributed by atoms with Gasteiger partial charge in [0.1, 0.15) is 10.6 Å². The fourth-order valence-electron chi connectivity index (χ4n) is 2.67. The van der Waals surface area contributed by atoms with E-state index in [9.17, 15) is 13.2 Å². The Kier molecular flexibility index (Phi) is 3.90. The Hall–Kier alpha value is -1.38. The first-order valence-corrected chi connectivity index (χ1v) is 7.85. The second-order valence-electron chi connectivity index (χ2n) is 5.14. The van der Waals surface area contributed by atoms with Gasteiger partial charge in [-0.15, -0.1) is 0 Å². The van der Waals surface area contributed by atoms with Gasteiger partial charge in [0.2, 0.25) is 10.0 Å². The van der Waals surface area contributed by atoms with E-state index in [1.165, 1.54) is 11.2 Å². The number of aryl methyl sites for hydroxylation is 1. The lowest BCUT2D eigenvalue weighted by atomic mass is 10.1. The maximum atomic E-state index is 12.6. The zero-order valence-corrected chi connectivity index (χ0v) is 12.3. The molecular formula is C12H19N3O4S. The van der Waals surface area contributed by atoms with Crippen LogP contribution in [-0.2, 0) is 10.0 Å². The van der Waals surface area contributed by atoms with Crippen molar-refractivity contribution in [2.24, 2.45) is 11.7 Å². The number of nitrogens with one attached hydrogen (secondary N) is 1. The number of nitrogens with two attached hydrogens (primary N) is 1. The molecular weight excluding hydrogens is 282 g/mol. The van der Waals surface area contributed by atoms with Gasteiger partial charge in [-0.05, 0) is 32.7 Å². The molecule has 0 spiro atoms. The average molecular weight is 301 g/mol. The van der Waals surface area contributed by atoms with Crippen molar-refractivity contribution in [3.63, 3.8) is 0 Å². The van der Waals surface area contributed by atoms with Gasteiger partial charge in [-0.1, -0.05) is 0 Å². The minimum absolute atomic E-state index is 0.0735. The van der Waals surface area contributed by atoms with Crippen LogP contribution >= 0.6 is 0 Å². The van der Waals surface area contributed by atoms with E-state index in [0.29, 0.717) is 25.3 Å². The molecule has 1 unspecified atom stereocenters. The Morgan fingerprint density at radius 2 is 2.15 bits per heavy atom. The third-order valence-corrected chi connectivity index (χ3v) is 5.90. The number of hydrogen-bond acceptors (Lipinski definition) is 4. The molecule has 1 saturated heterocycles. The van der Waals surface area contributed by atoms with E-state index in [1.807, 2.05) is 0 Å². The van der Waals surface area contributed by atoms with E-state index in [4.69, 9.17) is 10.8 Å². The van der Waals surface area contributed by atoms with Gasteiger partial charge in [0.25, 0.3) is 0 Å². The van der Waals surface area contributed by atoms with Crippen LogP contribution in [0.4, 0.5) is 0 Å². The van der Waals surface area contributed by atoms with Gasteiger partial charge in [-0.25, -0.2) is 13.2 Å². The van der Waals surface area contributed by atoms with Crippen molar-refractivity contribution in [1.29, 1.82) is 0 Å². The van der Waals surface area contributed by atoms with Crippen molar-refractivity contribution in [1.82, 2.24) is 9.29 Å². The number of carbonyl (C=O) groups is 1. The molecule has 2 heterocycles. The van der Waals surface area contributed by atoms with Crippen molar-refractivity contribution in [3.05, 3.63) is 17.0 Å². The summed E-state index contributed by atoms with van der Waals surface area (Å²) in [6.45, 7) is 4.36. The molecule has 112 valence electrons. The minimum atomic E-state index is -3.67. The third kappa shape index (κ3) is 2.34. The minimum Gasteiger partial charge on any atom is -0.477 e. The van der Waals surface area contributed by atoms with Crippen molar-refractivity contribution in [2.75, 3.05) is 19.6 Å². The molecule has 1 aliphatic rings. The summed E-state index contributed by atoms with van der Waals surface area (Å²) in [4.78, 5) is 13.8. The molecule has 0 radical (unpaired) electrons. The molecule has 0 bridgehead atoms. The van der Waals surface area contributed by atoms with Crippen LogP contribution in [0.5, 0.6) is 0 Å². The molecule has 7 nitrogen and oxygen atoms in total. The van der Waals surface area contributed by atoms with E-state index in [-0.39, 0.29) is 22.1 Å². The van der Waals surface area contributed by atoms with Gasteiger partial charge in [0, 0.05) is 24.3 Å². The topological polar surface area (TPSA) is 116 Å². The SMILES string of the molecule is Cc1[nH]c(C(=O)O)c(C)c1S(=O)(=O)N1CCC(CN)C1. The summed E-state index contributed by atoms with van der Waals surface area (Å²) in [7, 11) is -3.67. The molecule has 1 aromatic heterocycles. The Balaban J connectivity index is 2.43. The number of H-pyrrole nitrogens is 1. The summed E-state index contributed by atoms with van der Waals surface area (Å²) in [5.41, 5.74) is 6.12. The molecule has 0 amide bonds. The number of aromatic carboxylic acids is 1. The second-order valence-corrected chi connectivity index (χ2v) is 7.01. The Morgan fingerprint density at radius 1 is 1.50 bits per heavy atom. The zero-order valence-electron chi connectivity index (χ0n) is 11.5. The lowest BCUT2D eigenvalue weighted by Crippen LogP contribution is -2.30. The fraction of sp³-hybridized carbons (Fsp3) is 0.583. The van der Waals surface area contributed by atoms with Crippen molar-refractivity contribution in [2.45, 2.75) is 25.2 Å². The van der Waals surface area contributed by atoms with Crippen LogP contribution in [0.25, 0.3) is 0 Å².